The monoisotopic (exact) mass is 409 g/mol. The number of nitrogens with zero attached hydrogens (tertiary/aromatic N) is 3. The highest BCUT2D eigenvalue weighted by atomic mass is 19.1. The van der Waals surface area contributed by atoms with Crippen LogP contribution in [0.5, 0.6) is 5.75 Å². The molecular formula is C23H24FN3O3. The lowest BCUT2D eigenvalue weighted by Crippen LogP contribution is -2.24. The van der Waals surface area contributed by atoms with E-state index in [-0.39, 0.29) is 23.7 Å². The topological polar surface area (TPSA) is 56.1 Å². The van der Waals surface area contributed by atoms with E-state index in [0.717, 1.165) is 48.3 Å². The number of ketones is 1. The predicted molar refractivity (Wildman–Crippen MR) is 111 cm³/mol. The Morgan fingerprint density at radius 2 is 2.17 bits per heavy atom. The maximum absolute atomic E-state index is 14.2. The fourth-order valence-corrected chi connectivity index (χ4v) is 4.49. The van der Waals surface area contributed by atoms with E-state index >= 15 is 0 Å². The highest BCUT2D eigenvalue weighted by molar-refractivity contribution is 6.00. The van der Waals surface area contributed by atoms with Gasteiger partial charge in [-0.2, -0.15) is 5.10 Å². The van der Waals surface area contributed by atoms with Crippen LogP contribution in [0.1, 0.15) is 48.1 Å². The molecule has 6 nitrogen and oxygen atoms in total. The zero-order valence-electron chi connectivity index (χ0n) is 16.9. The second kappa shape index (κ2) is 7.72. The van der Waals surface area contributed by atoms with Crippen molar-refractivity contribution < 1.29 is 18.7 Å². The number of Topliss-reactive ketones (excluding diaryl/α,β-unsaturated/α-hetero) is 1. The SMILES string of the molecule is CC(=O)c1cnn2ccc(N3CCC[C@@H]3c3cc(F)ccc3OC3CCOC3)cc12. The summed E-state index contributed by atoms with van der Waals surface area (Å²) in [6, 6.07) is 8.76. The summed E-state index contributed by atoms with van der Waals surface area (Å²) in [5.41, 5.74) is 3.24. The molecule has 0 aliphatic carbocycles. The van der Waals surface area contributed by atoms with Crippen LogP contribution in [0.25, 0.3) is 5.52 Å². The zero-order chi connectivity index (χ0) is 20.7. The number of ether oxygens (including phenoxy) is 2. The molecule has 0 saturated carbocycles. The van der Waals surface area contributed by atoms with Crippen LogP contribution in [-0.4, -0.2) is 41.3 Å². The largest absolute Gasteiger partial charge is 0.488 e. The first-order valence-corrected chi connectivity index (χ1v) is 10.4. The second-order valence-corrected chi connectivity index (χ2v) is 7.97. The van der Waals surface area contributed by atoms with Crippen molar-refractivity contribution in [3.05, 3.63) is 59.7 Å². The molecule has 0 radical (unpaired) electrons. The summed E-state index contributed by atoms with van der Waals surface area (Å²) in [5, 5.41) is 4.26. The molecule has 3 aromatic rings. The minimum absolute atomic E-state index is 0.00386. The van der Waals surface area contributed by atoms with Crippen molar-refractivity contribution in [3.63, 3.8) is 0 Å². The van der Waals surface area contributed by atoms with Gasteiger partial charge in [0.15, 0.2) is 5.78 Å². The first-order valence-electron chi connectivity index (χ1n) is 10.4. The Bertz CT molecular complexity index is 1090. The van der Waals surface area contributed by atoms with Crippen molar-refractivity contribution >= 4 is 17.0 Å². The van der Waals surface area contributed by atoms with E-state index in [1.54, 1.807) is 29.8 Å². The molecule has 2 saturated heterocycles. The molecule has 2 aliphatic rings. The van der Waals surface area contributed by atoms with Crippen LogP contribution in [0.3, 0.4) is 0 Å². The third-order valence-electron chi connectivity index (χ3n) is 5.98. The number of aromatic nitrogens is 2. The van der Waals surface area contributed by atoms with Gasteiger partial charge >= 0.3 is 0 Å². The van der Waals surface area contributed by atoms with Gasteiger partial charge in [0.1, 0.15) is 17.7 Å². The Morgan fingerprint density at radius 3 is 2.97 bits per heavy atom. The number of halogens is 1. The first-order chi connectivity index (χ1) is 14.6. The highest BCUT2D eigenvalue weighted by Gasteiger charge is 2.30. The third kappa shape index (κ3) is 3.43. The van der Waals surface area contributed by atoms with Gasteiger partial charge in [-0.1, -0.05) is 0 Å². The Morgan fingerprint density at radius 1 is 1.27 bits per heavy atom. The van der Waals surface area contributed by atoms with Gasteiger partial charge in [-0.05, 0) is 50.1 Å². The van der Waals surface area contributed by atoms with E-state index < -0.39 is 0 Å². The summed E-state index contributed by atoms with van der Waals surface area (Å²) in [6.45, 7) is 3.66. The van der Waals surface area contributed by atoms with Gasteiger partial charge in [-0.3, -0.25) is 4.79 Å². The molecule has 30 heavy (non-hydrogen) atoms. The van der Waals surface area contributed by atoms with Gasteiger partial charge < -0.3 is 14.4 Å². The number of carbonyl (C=O) groups excluding carboxylic acids is 1. The van der Waals surface area contributed by atoms with E-state index in [9.17, 15) is 9.18 Å². The van der Waals surface area contributed by atoms with Crippen LogP contribution in [0.4, 0.5) is 10.1 Å². The Labute approximate surface area is 174 Å². The van der Waals surface area contributed by atoms with Crippen molar-refractivity contribution in [2.45, 2.75) is 38.3 Å². The van der Waals surface area contributed by atoms with E-state index in [0.29, 0.717) is 18.8 Å². The molecule has 2 atom stereocenters. The molecule has 0 spiro atoms. The van der Waals surface area contributed by atoms with Crippen LogP contribution < -0.4 is 9.64 Å². The molecule has 2 aliphatic heterocycles. The lowest BCUT2D eigenvalue weighted by atomic mass is 10.0. The minimum atomic E-state index is -0.267. The molecule has 0 bridgehead atoms. The number of hydrogen-bond acceptors (Lipinski definition) is 5. The van der Waals surface area contributed by atoms with Gasteiger partial charge in [-0.25, -0.2) is 8.91 Å². The van der Waals surface area contributed by atoms with Gasteiger partial charge in [0, 0.05) is 30.4 Å². The molecule has 5 rings (SSSR count). The lowest BCUT2D eigenvalue weighted by Gasteiger charge is -2.29. The van der Waals surface area contributed by atoms with Gasteiger partial charge in [0.25, 0.3) is 0 Å². The molecule has 2 aromatic heterocycles. The van der Waals surface area contributed by atoms with Crippen LogP contribution in [-0.2, 0) is 4.74 Å². The Kier molecular flexibility index (Phi) is 4.90. The number of hydrogen-bond donors (Lipinski definition) is 0. The maximum Gasteiger partial charge on any atom is 0.163 e. The summed E-state index contributed by atoms with van der Waals surface area (Å²) in [5.74, 6) is 0.440. The van der Waals surface area contributed by atoms with Crippen molar-refractivity contribution in [3.8, 4) is 5.75 Å². The van der Waals surface area contributed by atoms with E-state index in [2.05, 4.69) is 10.00 Å². The van der Waals surface area contributed by atoms with E-state index in [1.807, 2.05) is 18.3 Å². The smallest absolute Gasteiger partial charge is 0.163 e. The predicted octanol–water partition coefficient (Wildman–Crippen LogP) is 4.19. The average molecular weight is 409 g/mol. The first kappa shape index (κ1) is 19.1. The summed E-state index contributed by atoms with van der Waals surface area (Å²) >= 11 is 0. The zero-order valence-corrected chi connectivity index (χ0v) is 16.9. The summed E-state index contributed by atoms with van der Waals surface area (Å²) in [4.78, 5) is 14.2. The normalized spacial score (nSPS) is 21.5. The van der Waals surface area contributed by atoms with Crippen LogP contribution in [0.15, 0.2) is 42.7 Å². The van der Waals surface area contributed by atoms with Crippen LogP contribution in [0.2, 0.25) is 0 Å². The number of benzene rings is 1. The molecule has 0 N–H and O–H groups in total. The van der Waals surface area contributed by atoms with Gasteiger partial charge in [0.2, 0.25) is 0 Å². The standard InChI is InChI=1S/C23H24FN3O3/c1-15(28)20-13-25-27-9-6-17(12-22(20)27)26-8-2-3-21(26)19-11-16(24)4-5-23(19)30-18-7-10-29-14-18/h4-6,9,11-13,18,21H,2-3,7-8,10,14H2,1H3/t18?,21-/m1/s1. The third-order valence-corrected chi connectivity index (χ3v) is 5.98. The number of pyridine rings is 1. The average Bonchev–Trinajstić information content (AvgIpc) is 3.49. The molecule has 1 unspecified atom stereocenters. The van der Waals surface area contributed by atoms with Crippen molar-refractivity contribution in [2.75, 3.05) is 24.7 Å². The summed E-state index contributed by atoms with van der Waals surface area (Å²) in [7, 11) is 0. The highest BCUT2D eigenvalue weighted by Crippen LogP contribution is 2.41. The van der Waals surface area contributed by atoms with Crippen molar-refractivity contribution in [1.29, 1.82) is 0 Å². The second-order valence-electron chi connectivity index (χ2n) is 7.97. The van der Waals surface area contributed by atoms with Gasteiger partial charge in [-0.15, -0.1) is 0 Å². The van der Waals surface area contributed by atoms with Crippen LogP contribution >= 0.6 is 0 Å². The van der Waals surface area contributed by atoms with Crippen molar-refractivity contribution in [2.24, 2.45) is 0 Å². The molecule has 156 valence electrons. The van der Waals surface area contributed by atoms with Crippen LogP contribution in [0, 0.1) is 5.82 Å². The number of rotatable bonds is 5. The Hall–Kier alpha value is -2.93. The van der Waals surface area contributed by atoms with Gasteiger partial charge in [0.05, 0.1) is 36.5 Å². The van der Waals surface area contributed by atoms with Crippen molar-refractivity contribution in [1.82, 2.24) is 9.61 Å². The fraction of sp³-hybridized carbons (Fsp3) is 0.391. The maximum atomic E-state index is 14.2. The molecule has 2 fully saturated rings. The quantitative estimate of drug-likeness (QED) is 0.592. The number of carbonyl (C=O) groups is 1. The van der Waals surface area contributed by atoms with E-state index in [1.165, 1.54) is 6.07 Å². The minimum Gasteiger partial charge on any atom is -0.488 e. The Balaban J connectivity index is 1.51. The molecule has 1 aromatic carbocycles. The molecule has 0 amide bonds. The summed E-state index contributed by atoms with van der Waals surface area (Å²) < 4.78 is 27.5. The lowest BCUT2D eigenvalue weighted by molar-refractivity contribution is 0.101. The molecular weight excluding hydrogens is 385 g/mol. The molecule has 4 heterocycles. The number of anilines is 1. The molecule has 7 heteroatoms. The van der Waals surface area contributed by atoms with E-state index in [4.69, 9.17) is 9.47 Å². The number of fused-ring (bicyclic) bond motifs is 1. The summed E-state index contributed by atoms with van der Waals surface area (Å²) in [6.07, 6.45) is 6.22. The fourth-order valence-electron chi connectivity index (χ4n) is 4.49.